The third kappa shape index (κ3) is 2.17. The van der Waals surface area contributed by atoms with Gasteiger partial charge in [-0.25, -0.2) is 4.98 Å². The molecule has 4 heteroatoms. The van der Waals surface area contributed by atoms with Crippen LogP contribution in [0.2, 0.25) is 0 Å². The van der Waals surface area contributed by atoms with Gasteiger partial charge < -0.3 is 4.90 Å². The van der Waals surface area contributed by atoms with Gasteiger partial charge in [0, 0.05) is 24.5 Å². The number of hydrogen-bond acceptors (Lipinski definition) is 3. The Bertz CT molecular complexity index is 863. The molecular weight excluding hydrogens is 262 g/mol. The summed E-state index contributed by atoms with van der Waals surface area (Å²) in [5.74, 6) is 0.750. The molecule has 0 saturated heterocycles. The lowest BCUT2D eigenvalue weighted by atomic mass is 10.1. The van der Waals surface area contributed by atoms with Crippen molar-refractivity contribution in [3.05, 3.63) is 52.3 Å². The van der Waals surface area contributed by atoms with Crippen molar-refractivity contribution < 1.29 is 0 Å². The Labute approximate surface area is 123 Å². The van der Waals surface area contributed by atoms with Crippen molar-refractivity contribution in [2.45, 2.75) is 20.8 Å². The number of fused-ring (bicyclic) bond motifs is 3. The molecular formula is C17H19N3O. The number of nitrogens with zero attached hydrogens (tertiary/aromatic N) is 3. The molecule has 0 radical (unpaired) electrons. The number of aryl methyl sites for hydroxylation is 1. The molecule has 3 aromatic rings. The molecule has 0 spiro atoms. The zero-order valence-electron chi connectivity index (χ0n) is 12.6. The molecule has 108 valence electrons. The van der Waals surface area contributed by atoms with Crippen molar-refractivity contribution in [3.63, 3.8) is 0 Å². The van der Waals surface area contributed by atoms with E-state index in [2.05, 4.69) is 30.7 Å². The van der Waals surface area contributed by atoms with E-state index in [1.54, 1.807) is 10.5 Å². The quantitative estimate of drug-likeness (QED) is 0.693. The van der Waals surface area contributed by atoms with Gasteiger partial charge >= 0.3 is 0 Å². The second kappa shape index (κ2) is 5.20. The summed E-state index contributed by atoms with van der Waals surface area (Å²) in [5.41, 5.74) is 2.73. The van der Waals surface area contributed by atoms with Gasteiger partial charge in [0.15, 0.2) is 0 Å². The molecule has 21 heavy (non-hydrogen) atoms. The molecule has 2 heterocycles. The third-order valence-corrected chi connectivity index (χ3v) is 3.93. The number of pyridine rings is 1. The minimum Gasteiger partial charge on any atom is -0.357 e. The molecule has 2 aromatic heterocycles. The maximum Gasteiger partial charge on any atom is 0.260 e. The maximum absolute atomic E-state index is 12.6. The molecule has 0 aliphatic rings. The first-order valence-corrected chi connectivity index (χ1v) is 7.32. The molecule has 4 nitrogen and oxygen atoms in total. The lowest BCUT2D eigenvalue weighted by Crippen LogP contribution is -2.26. The van der Waals surface area contributed by atoms with Crippen LogP contribution in [0, 0.1) is 6.92 Å². The van der Waals surface area contributed by atoms with Crippen molar-refractivity contribution in [2.24, 2.45) is 0 Å². The first kappa shape index (κ1) is 13.6. The molecule has 0 atom stereocenters. The van der Waals surface area contributed by atoms with Gasteiger partial charge in [-0.1, -0.05) is 18.2 Å². The van der Waals surface area contributed by atoms with Gasteiger partial charge in [0.2, 0.25) is 0 Å². The number of para-hydroxylation sites is 1. The number of benzene rings is 1. The van der Waals surface area contributed by atoms with Gasteiger partial charge in [-0.3, -0.25) is 9.20 Å². The fourth-order valence-corrected chi connectivity index (χ4v) is 2.81. The topological polar surface area (TPSA) is 37.6 Å². The van der Waals surface area contributed by atoms with Crippen molar-refractivity contribution >= 4 is 22.4 Å². The molecule has 0 N–H and O–H groups in total. The molecule has 0 amide bonds. The number of anilines is 1. The predicted molar refractivity (Wildman–Crippen MR) is 87.3 cm³/mol. The van der Waals surface area contributed by atoms with Crippen LogP contribution in [0.4, 0.5) is 5.82 Å². The largest absolute Gasteiger partial charge is 0.357 e. The number of rotatable bonds is 3. The summed E-state index contributed by atoms with van der Waals surface area (Å²) in [5, 5.41) is 1.09. The molecule has 0 fully saturated rings. The zero-order chi connectivity index (χ0) is 15.0. The molecule has 1 aromatic carbocycles. The average molecular weight is 281 g/mol. The highest BCUT2D eigenvalue weighted by atomic mass is 16.1. The van der Waals surface area contributed by atoms with Crippen LogP contribution in [0.15, 0.2) is 41.2 Å². The van der Waals surface area contributed by atoms with Crippen LogP contribution < -0.4 is 10.5 Å². The second-order valence-corrected chi connectivity index (χ2v) is 5.16. The molecule has 3 rings (SSSR count). The monoisotopic (exact) mass is 281 g/mol. The van der Waals surface area contributed by atoms with E-state index in [4.69, 9.17) is 0 Å². The van der Waals surface area contributed by atoms with Crippen LogP contribution in [0.5, 0.6) is 0 Å². The summed E-state index contributed by atoms with van der Waals surface area (Å²) < 4.78 is 1.69. The average Bonchev–Trinajstić information content (AvgIpc) is 2.48. The Hall–Kier alpha value is -2.36. The van der Waals surface area contributed by atoms with Crippen LogP contribution in [-0.2, 0) is 0 Å². The van der Waals surface area contributed by atoms with Crippen molar-refractivity contribution in [1.82, 2.24) is 9.38 Å². The van der Waals surface area contributed by atoms with Crippen molar-refractivity contribution in [3.8, 4) is 0 Å². The van der Waals surface area contributed by atoms with Gasteiger partial charge in [-0.05, 0) is 38.5 Å². The van der Waals surface area contributed by atoms with Crippen LogP contribution in [0.3, 0.4) is 0 Å². The fraction of sp³-hybridized carbons (Fsp3) is 0.294. The molecule has 0 aliphatic carbocycles. The highest BCUT2D eigenvalue weighted by molar-refractivity contribution is 5.85. The summed E-state index contributed by atoms with van der Waals surface area (Å²) in [6.45, 7) is 7.87. The van der Waals surface area contributed by atoms with Gasteiger partial charge in [0.1, 0.15) is 11.5 Å². The van der Waals surface area contributed by atoms with Gasteiger partial charge in [-0.15, -0.1) is 0 Å². The van der Waals surface area contributed by atoms with E-state index in [0.717, 1.165) is 35.4 Å². The van der Waals surface area contributed by atoms with Crippen LogP contribution >= 0.6 is 0 Å². The van der Waals surface area contributed by atoms with E-state index < -0.39 is 0 Å². The number of aromatic nitrogens is 2. The Morgan fingerprint density at radius 2 is 1.86 bits per heavy atom. The smallest absolute Gasteiger partial charge is 0.260 e. The summed E-state index contributed by atoms with van der Waals surface area (Å²) in [7, 11) is 0. The van der Waals surface area contributed by atoms with E-state index in [1.165, 1.54) is 0 Å². The maximum atomic E-state index is 12.6. The van der Waals surface area contributed by atoms with Crippen LogP contribution in [0.1, 0.15) is 19.4 Å². The summed E-state index contributed by atoms with van der Waals surface area (Å²) in [4.78, 5) is 19.3. The zero-order valence-corrected chi connectivity index (χ0v) is 12.6. The Morgan fingerprint density at radius 1 is 1.14 bits per heavy atom. The summed E-state index contributed by atoms with van der Waals surface area (Å²) in [6, 6.07) is 11.6. The number of hydrogen-bond donors (Lipinski definition) is 0. The second-order valence-electron chi connectivity index (χ2n) is 5.16. The highest BCUT2D eigenvalue weighted by Gasteiger charge is 2.10. The molecule has 0 saturated carbocycles. The lowest BCUT2D eigenvalue weighted by Gasteiger charge is -2.20. The molecule has 0 bridgehead atoms. The van der Waals surface area contributed by atoms with Gasteiger partial charge in [0.05, 0.1) is 5.52 Å². The van der Waals surface area contributed by atoms with Gasteiger partial charge in [-0.2, -0.15) is 0 Å². The Kier molecular flexibility index (Phi) is 3.37. The summed E-state index contributed by atoms with van der Waals surface area (Å²) in [6.07, 6.45) is 0. The Balaban J connectivity index is 2.40. The van der Waals surface area contributed by atoms with Crippen molar-refractivity contribution in [2.75, 3.05) is 18.0 Å². The first-order chi connectivity index (χ1) is 10.2. The van der Waals surface area contributed by atoms with Crippen LogP contribution in [-0.4, -0.2) is 22.5 Å². The van der Waals surface area contributed by atoms with E-state index in [9.17, 15) is 4.79 Å². The van der Waals surface area contributed by atoms with Gasteiger partial charge in [0.25, 0.3) is 5.56 Å². The summed E-state index contributed by atoms with van der Waals surface area (Å²) >= 11 is 0. The molecule has 0 aliphatic heterocycles. The van der Waals surface area contributed by atoms with Crippen molar-refractivity contribution in [1.29, 1.82) is 0 Å². The predicted octanol–water partition coefficient (Wildman–Crippen LogP) is 3.00. The standard InChI is InChI=1S/C17H19N3O/c1-4-19(5-2)15-11-17(21)20-14-9-7-6-8-13(14)12(3)10-16(20)18-15/h6-11H,4-5H2,1-3H3. The fourth-order valence-electron chi connectivity index (χ4n) is 2.81. The third-order valence-electron chi connectivity index (χ3n) is 3.93. The highest BCUT2D eigenvalue weighted by Crippen LogP contribution is 2.20. The Morgan fingerprint density at radius 3 is 2.57 bits per heavy atom. The van der Waals surface area contributed by atoms with Crippen LogP contribution in [0.25, 0.3) is 16.6 Å². The van der Waals surface area contributed by atoms with E-state index >= 15 is 0 Å². The lowest BCUT2D eigenvalue weighted by molar-refractivity contribution is 0.841. The van der Waals surface area contributed by atoms with E-state index in [-0.39, 0.29) is 5.56 Å². The minimum absolute atomic E-state index is 0.0295. The first-order valence-electron chi connectivity index (χ1n) is 7.32. The SMILES string of the molecule is CCN(CC)c1cc(=O)n2c(cc(C)c3ccccc32)n1. The minimum atomic E-state index is -0.0295. The molecule has 0 unspecified atom stereocenters. The van der Waals surface area contributed by atoms with E-state index in [0.29, 0.717) is 5.65 Å². The van der Waals surface area contributed by atoms with E-state index in [1.807, 2.05) is 30.3 Å². The normalized spacial score (nSPS) is 11.2.